The van der Waals surface area contributed by atoms with Gasteiger partial charge in [-0.15, -0.1) is 0 Å². The number of amides is 3. The van der Waals surface area contributed by atoms with Crippen molar-refractivity contribution in [2.45, 2.75) is 57.0 Å². The molecule has 10 heteroatoms. The maximum absolute atomic E-state index is 13.4. The Balaban J connectivity index is 1.25. The van der Waals surface area contributed by atoms with Crippen molar-refractivity contribution >= 4 is 51.9 Å². The molecular weight excluding hydrogens is 502 g/mol. The fourth-order valence-corrected chi connectivity index (χ4v) is 5.73. The third kappa shape index (κ3) is 5.91. The van der Waals surface area contributed by atoms with Gasteiger partial charge in [0, 0.05) is 29.8 Å². The number of amidine groups is 2. The summed E-state index contributed by atoms with van der Waals surface area (Å²) in [5.74, 6) is 0.738. The summed E-state index contributed by atoms with van der Waals surface area (Å²) in [6, 6.07) is 14.2. The van der Waals surface area contributed by atoms with Gasteiger partial charge in [0.15, 0.2) is 5.17 Å². The van der Waals surface area contributed by atoms with Crippen molar-refractivity contribution in [3.8, 4) is 5.75 Å². The Hall–Kier alpha value is -3.66. The molecule has 9 nitrogen and oxygen atoms in total. The van der Waals surface area contributed by atoms with Crippen LogP contribution in [-0.2, 0) is 14.4 Å². The van der Waals surface area contributed by atoms with Gasteiger partial charge >= 0.3 is 0 Å². The van der Waals surface area contributed by atoms with E-state index in [1.807, 2.05) is 24.3 Å². The zero-order chi connectivity index (χ0) is 26.5. The summed E-state index contributed by atoms with van der Waals surface area (Å²) >= 11 is 1.18. The van der Waals surface area contributed by atoms with Gasteiger partial charge in [0.25, 0.3) is 5.91 Å². The van der Waals surface area contributed by atoms with Crippen molar-refractivity contribution < 1.29 is 19.1 Å². The Morgan fingerprint density at radius 3 is 2.71 bits per heavy atom. The van der Waals surface area contributed by atoms with E-state index in [9.17, 15) is 14.4 Å². The first-order valence-electron chi connectivity index (χ1n) is 13.0. The average Bonchev–Trinajstić information content (AvgIpc) is 3.27. The number of anilines is 1. The molecule has 2 aromatic carbocycles. The lowest BCUT2D eigenvalue weighted by Gasteiger charge is -2.25. The molecule has 38 heavy (non-hydrogen) atoms. The van der Waals surface area contributed by atoms with Crippen molar-refractivity contribution in [1.82, 2.24) is 10.2 Å². The van der Waals surface area contributed by atoms with Crippen LogP contribution in [0.1, 0.15) is 50.5 Å². The zero-order valence-corrected chi connectivity index (χ0v) is 22.1. The normalized spacial score (nSPS) is 18.7. The smallest absolute Gasteiger partial charge is 0.259 e. The van der Waals surface area contributed by atoms with Crippen molar-refractivity contribution in [3.05, 3.63) is 54.1 Å². The summed E-state index contributed by atoms with van der Waals surface area (Å²) < 4.78 is 5.21. The van der Waals surface area contributed by atoms with E-state index in [1.54, 1.807) is 31.4 Å². The molecule has 0 aromatic heterocycles. The van der Waals surface area contributed by atoms with Crippen LogP contribution in [0.25, 0.3) is 0 Å². The molecule has 1 saturated carbocycles. The van der Waals surface area contributed by atoms with Crippen molar-refractivity contribution in [2.24, 2.45) is 9.98 Å². The van der Waals surface area contributed by atoms with E-state index >= 15 is 0 Å². The number of rotatable bonds is 8. The van der Waals surface area contributed by atoms with Crippen molar-refractivity contribution in [3.63, 3.8) is 0 Å². The maximum Gasteiger partial charge on any atom is 0.259 e. The van der Waals surface area contributed by atoms with E-state index in [1.165, 1.54) is 23.1 Å². The van der Waals surface area contributed by atoms with Gasteiger partial charge in [-0.1, -0.05) is 49.2 Å². The average molecular weight is 534 g/mol. The van der Waals surface area contributed by atoms with Gasteiger partial charge in [-0.2, -0.15) is 0 Å². The second kappa shape index (κ2) is 11.8. The number of carbonyl (C=O) groups excluding carboxylic acids is 3. The highest BCUT2D eigenvalue weighted by atomic mass is 32.2. The highest BCUT2D eigenvalue weighted by Gasteiger charge is 2.41. The van der Waals surface area contributed by atoms with Crippen LogP contribution >= 0.6 is 11.8 Å². The molecule has 1 aliphatic carbocycles. The molecule has 1 fully saturated rings. The van der Waals surface area contributed by atoms with Crippen LogP contribution in [0.4, 0.5) is 11.4 Å². The molecule has 0 spiro atoms. The number of carbonyl (C=O) groups is 3. The van der Waals surface area contributed by atoms with Gasteiger partial charge in [-0.3, -0.25) is 19.4 Å². The third-order valence-electron chi connectivity index (χ3n) is 6.85. The Morgan fingerprint density at radius 2 is 1.89 bits per heavy atom. The number of hydrogen-bond acceptors (Lipinski definition) is 7. The SMILES string of the molecule is COc1cccc(NC(=O)CSC2=Nc3ccccc3C3=N[C@@H](CCC(=O)NC4CCCCC4)C(=O)N23)c1. The monoisotopic (exact) mass is 533 g/mol. The van der Waals surface area contributed by atoms with Crippen LogP contribution in [0, 0.1) is 0 Å². The molecule has 3 amide bonds. The fraction of sp³-hybridized carbons (Fsp3) is 0.393. The first-order valence-corrected chi connectivity index (χ1v) is 14.0. The van der Waals surface area contributed by atoms with Gasteiger partial charge in [-0.25, -0.2) is 9.89 Å². The zero-order valence-electron chi connectivity index (χ0n) is 21.3. The highest BCUT2D eigenvalue weighted by Crippen LogP contribution is 2.34. The number of benzene rings is 2. The Morgan fingerprint density at radius 1 is 1.08 bits per heavy atom. The molecule has 3 aliphatic rings. The number of methoxy groups -OCH3 is 1. The number of para-hydroxylation sites is 1. The highest BCUT2D eigenvalue weighted by molar-refractivity contribution is 8.14. The number of hydrogen-bond donors (Lipinski definition) is 2. The summed E-state index contributed by atoms with van der Waals surface area (Å²) in [4.78, 5) is 49.6. The van der Waals surface area contributed by atoms with Crippen LogP contribution in [-0.4, -0.2) is 58.6 Å². The second-order valence-corrected chi connectivity index (χ2v) is 10.5. The Bertz CT molecular complexity index is 1290. The maximum atomic E-state index is 13.4. The van der Waals surface area contributed by atoms with Gasteiger partial charge in [0.2, 0.25) is 11.8 Å². The molecule has 0 unspecified atom stereocenters. The quantitative estimate of drug-likeness (QED) is 0.527. The Kier molecular flexibility index (Phi) is 8.07. The van der Waals surface area contributed by atoms with E-state index < -0.39 is 6.04 Å². The first kappa shape index (κ1) is 26.0. The number of nitrogens with one attached hydrogen (secondary N) is 2. The van der Waals surface area contributed by atoms with E-state index in [2.05, 4.69) is 15.6 Å². The largest absolute Gasteiger partial charge is 0.497 e. The Labute approximate surface area is 226 Å². The molecule has 2 N–H and O–H groups in total. The van der Waals surface area contributed by atoms with E-state index in [-0.39, 0.29) is 35.9 Å². The number of thioether (sulfide) groups is 1. The summed E-state index contributed by atoms with van der Waals surface area (Å²) in [7, 11) is 1.57. The van der Waals surface area contributed by atoms with Crippen LogP contribution in [0.15, 0.2) is 58.5 Å². The number of ether oxygens (including phenoxy) is 1. The summed E-state index contributed by atoms with van der Waals surface area (Å²) in [6.45, 7) is 0. The molecule has 0 saturated heterocycles. The van der Waals surface area contributed by atoms with Crippen LogP contribution in [0.5, 0.6) is 5.75 Å². The molecular formula is C28H31N5O4S. The third-order valence-corrected chi connectivity index (χ3v) is 7.79. The lowest BCUT2D eigenvalue weighted by molar-refractivity contribution is -0.125. The molecule has 2 aliphatic heterocycles. The number of aliphatic imine (C=N–C) groups is 2. The van der Waals surface area contributed by atoms with E-state index in [0.29, 0.717) is 34.5 Å². The minimum absolute atomic E-state index is 0.0346. The summed E-state index contributed by atoms with van der Waals surface area (Å²) in [5.41, 5.74) is 2.08. The lowest BCUT2D eigenvalue weighted by atomic mass is 9.95. The molecule has 0 bridgehead atoms. The van der Waals surface area contributed by atoms with Crippen LogP contribution < -0.4 is 15.4 Å². The minimum Gasteiger partial charge on any atom is -0.497 e. The molecule has 1 atom stereocenters. The van der Waals surface area contributed by atoms with Crippen molar-refractivity contribution in [1.29, 1.82) is 0 Å². The van der Waals surface area contributed by atoms with Crippen LogP contribution in [0.3, 0.4) is 0 Å². The summed E-state index contributed by atoms with van der Waals surface area (Å²) in [6.07, 6.45) is 6.11. The molecule has 0 radical (unpaired) electrons. The first-order chi connectivity index (χ1) is 18.5. The molecule has 198 valence electrons. The van der Waals surface area contributed by atoms with Gasteiger partial charge in [0.05, 0.1) is 18.6 Å². The van der Waals surface area contributed by atoms with Gasteiger partial charge in [-0.05, 0) is 43.5 Å². The van der Waals surface area contributed by atoms with Gasteiger partial charge in [0.1, 0.15) is 17.6 Å². The van der Waals surface area contributed by atoms with E-state index in [4.69, 9.17) is 9.73 Å². The topological polar surface area (TPSA) is 112 Å². The number of nitrogens with zero attached hydrogens (tertiary/aromatic N) is 3. The van der Waals surface area contributed by atoms with Crippen molar-refractivity contribution in [2.75, 3.05) is 18.2 Å². The molecule has 5 rings (SSSR count). The van der Waals surface area contributed by atoms with Crippen LogP contribution in [0.2, 0.25) is 0 Å². The lowest BCUT2D eigenvalue weighted by Crippen LogP contribution is -2.42. The van der Waals surface area contributed by atoms with E-state index in [0.717, 1.165) is 31.2 Å². The molecule has 2 aromatic rings. The minimum atomic E-state index is -0.662. The fourth-order valence-electron chi connectivity index (χ4n) is 4.93. The predicted octanol–water partition coefficient (Wildman–Crippen LogP) is 4.25. The predicted molar refractivity (Wildman–Crippen MR) is 149 cm³/mol. The second-order valence-electron chi connectivity index (χ2n) is 9.56. The number of fused-ring (bicyclic) bond motifs is 3. The van der Waals surface area contributed by atoms with Gasteiger partial charge < -0.3 is 15.4 Å². The standard InChI is InChI=1S/C28H31N5O4S/c1-37-20-11-7-10-19(16-20)30-25(35)17-38-28-32-22-13-6-5-12-21(22)26-31-23(27(36)33(26)28)14-15-24(34)29-18-8-3-2-4-9-18/h5-7,10-13,16,18,23H,2-4,8-9,14-15,17H2,1H3,(H,29,34)(H,30,35)/t23-/m0/s1. The summed E-state index contributed by atoms with van der Waals surface area (Å²) in [5, 5.41) is 6.37. The molecule has 2 heterocycles.